The van der Waals surface area contributed by atoms with Gasteiger partial charge >= 0.3 is 6.55 Å². The molecule has 112 valence electrons. The molecule has 6 nitrogen and oxygen atoms in total. The first-order chi connectivity index (χ1) is 9.97. The van der Waals surface area contributed by atoms with Crippen LogP contribution in [0.4, 0.5) is 8.78 Å². The smallest absolute Gasteiger partial charge is 0.319 e. The summed E-state index contributed by atoms with van der Waals surface area (Å²) in [4.78, 5) is 17.1. The summed E-state index contributed by atoms with van der Waals surface area (Å²) in [5.74, 6) is -0.168. The third-order valence-electron chi connectivity index (χ3n) is 2.86. The monoisotopic (exact) mass is 295 g/mol. The summed E-state index contributed by atoms with van der Waals surface area (Å²) >= 11 is 0. The van der Waals surface area contributed by atoms with Gasteiger partial charge in [0.15, 0.2) is 0 Å². The molecular formula is C13H15F2N5O. The number of aryl methyl sites for hydroxylation is 1. The van der Waals surface area contributed by atoms with Gasteiger partial charge in [-0.15, -0.1) is 0 Å². The number of rotatable bonds is 5. The molecule has 1 amide bonds. The predicted octanol–water partition coefficient (Wildman–Crippen LogP) is 1.68. The number of hydrogen-bond donors (Lipinski definition) is 0. The van der Waals surface area contributed by atoms with Gasteiger partial charge < -0.3 is 4.90 Å². The summed E-state index contributed by atoms with van der Waals surface area (Å²) < 4.78 is 27.7. The molecule has 21 heavy (non-hydrogen) atoms. The Morgan fingerprint density at radius 1 is 1.52 bits per heavy atom. The van der Waals surface area contributed by atoms with Crippen molar-refractivity contribution in [1.29, 1.82) is 0 Å². The molecule has 0 bridgehead atoms. The number of halogens is 2. The second-order valence-electron chi connectivity index (χ2n) is 4.50. The van der Waals surface area contributed by atoms with E-state index < -0.39 is 6.55 Å². The van der Waals surface area contributed by atoms with Crippen LogP contribution in [-0.2, 0) is 18.4 Å². The lowest BCUT2D eigenvalue weighted by atomic mass is 10.3. The summed E-state index contributed by atoms with van der Waals surface area (Å²) in [7, 11) is 3.30. The maximum absolute atomic E-state index is 12.7. The molecule has 0 aliphatic rings. The largest absolute Gasteiger partial charge is 0.335 e. The number of carbonyl (C=O) groups is 1. The fourth-order valence-electron chi connectivity index (χ4n) is 1.76. The summed E-state index contributed by atoms with van der Waals surface area (Å²) in [5.41, 5.74) is 0.785. The summed E-state index contributed by atoms with van der Waals surface area (Å²) in [6.07, 6.45) is 8.83. The Morgan fingerprint density at radius 2 is 2.29 bits per heavy atom. The zero-order valence-electron chi connectivity index (χ0n) is 11.6. The van der Waals surface area contributed by atoms with E-state index in [2.05, 4.69) is 10.1 Å². The molecule has 8 heteroatoms. The van der Waals surface area contributed by atoms with Crippen molar-refractivity contribution in [2.75, 3.05) is 7.05 Å². The van der Waals surface area contributed by atoms with E-state index in [0.717, 1.165) is 10.1 Å². The maximum atomic E-state index is 12.7. The van der Waals surface area contributed by atoms with Crippen molar-refractivity contribution in [3.8, 4) is 0 Å². The van der Waals surface area contributed by atoms with Crippen molar-refractivity contribution in [3.05, 3.63) is 42.3 Å². The lowest BCUT2D eigenvalue weighted by Crippen LogP contribution is -2.26. The maximum Gasteiger partial charge on any atom is 0.319 e. The van der Waals surface area contributed by atoms with Crippen molar-refractivity contribution in [1.82, 2.24) is 24.2 Å². The SMILES string of the molecule is CN(Cc1nccn1C(F)F)C(=O)C=Cc1cnn(C)c1. The minimum absolute atomic E-state index is 0.00749. The standard InChI is InChI=1S/C13H15F2N5O/c1-18(9-11-16-5-6-20(11)13(14)15)12(21)4-3-10-7-17-19(2)8-10/h3-8,13H,9H2,1-2H3. The van der Waals surface area contributed by atoms with E-state index in [1.165, 1.54) is 30.4 Å². The van der Waals surface area contributed by atoms with Crippen molar-refractivity contribution >= 4 is 12.0 Å². The van der Waals surface area contributed by atoms with E-state index in [1.807, 2.05) is 0 Å². The second kappa shape index (κ2) is 6.29. The van der Waals surface area contributed by atoms with E-state index in [4.69, 9.17) is 0 Å². The minimum Gasteiger partial charge on any atom is -0.335 e. The number of nitrogens with zero attached hydrogens (tertiary/aromatic N) is 5. The highest BCUT2D eigenvalue weighted by molar-refractivity contribution is 5.91. The molecule has 2 aromatic rings. The molecule has 0 aromatic carbocycles. The van der Waals surface area contributed by atoms with Gasteiger partial charge in [0.2, 0.25) is 5.91 Å². The van der Waals surface area contributed by atoms with Gasteiger partial charge in [0.05, 0.1) is 12.7 Å². The molecule has 0 radical (unpaired) electrons. The van der Waals surface area contributed by atoms with Crippen LogP contribution in [0.1, 0.15) is 17.9 Å². The Labute approximate surface area is 120 Å². The quantitative estimate of drug-likeness (QED) is 0.789. The second-order valence-corrected chi connectivity index (χ2v) is 4.50. The van der Waals surface area contributed by atoms with Crippen LogP contribution in [0.5, 0.6) is 0 Å². The molecule has 0 unspecified atom stereocenters. The number of carbonyl (C=O) groups excluding carboxylic acids is 1. The molecule has 0 saturated carbocycles. The van der Waals surface area contributed by atoms with Gasteiger partial charge in [0, 0.05) is 44.3 Å². The first-order valence-corrected chi connectivity index (χ1v) is 6.19. The average molecular weight is 295 g/mol. The molecule has 0 spiro atoms. The van der Waals surface area contributed by atoms with Gasteiger partial charge in [-0.25, -0.2) is 4.98 Å². The number of imidazole rings is 1. The van der Waals surface area contributed by atoms with Crippen molar-refractivity contribution in [3.63, 3.8) is 0 Å². The van der Waals surface area contributed by atoms with Crippen LogP contribution in [0.3, 0.4) is 0 Å². The molecule has 0 aliphatic carbocycles. The molecule has 0 atom stereocenters. The summed E-state index contributed by atoms with van der Waals surface area (Å²) in [6.45, 7) is -2.66. The number of hydrogen-bond acceptors (Lipinski definition) is 3. The van der Waals surface area contributed by atoms with Gasteiger partial charge in [-0.1, -0.05) is 0 Å². The number of alkyl halides is 2. The highest BCUT2D eigenvalue weighted by Crippen LogP contribution is 2.13. The van der Waals surface area contributed by atoms with Gasteiger partial charge in [-0.3, -0.25) is 14.0 Å². The lowest BCUT2D eigenvalue weighted by Gasteiger charge is -2.15. The Hall–Kier alpha value is -2.51. The summed E-state index contributed by atoms with van der Waals surface area (Å²) in [6, 6.07) is 0. The van der Waals surface area contributed by atoms with E-state index in [-0.39, 0.29) is 18.3 Å². The minimum atomic E-state index is -2.67. The zero-order chi connectivity index (χ0) is 15.4. The third-order valence-corrected chi connectivity index (χ3v) is 2.86. The number of amides is 1. The molecule has 2 heterocycles. The normalized spacial score (nSPS) is 11.5. The van der Waals surface area contributed by atoms with Crippen LogP contribution in [0, 0.1) is 0 Å². The Morgan fingerprint density at radius 3 is 2.90 bits per heavy atom. The van der Waals surface area contributed by atoms with Gasteiger partial charge in [-0.05, 0) is 6.08 Å². The van der Waals surface area contributed by atoms with Crippen molar-refractivity contribution in [2.45, 2.75) is 13.1 Å². The first kappa shape index (κ1) is 14.9. The van der Waals surface area contributed by atoms with Gasteiger partial charge in [0.25, 0.3) is 0 Å². The van der Waals surface area contributed by atoms with E-state index >= 15 is 0 Å². The van der Waals surface area contributed by atoms with Gasteiger partial charge in [0.1, 0.15) is 5.82 Å². The molecule has 0 N–H and O–H groups in total. The van der Waals surface area contributed by atoms with Crippen LogP contribution in [0.25, 0.3) is 6.08 Å². The van der Waals surface area contributed by atoms with Gasteiger partial charge in [-0.2, -0.15) is 13.9 Å². The summed E-state index contributed by atoms with van der Waals surface area (Å²) in [5, 5.41) is 3.98. The average Bonchev–Trinajstić information content (AvgIpc) is 3.04. The van der Waals surface area contributed by atoms with E-state index in [9.17, 15) is 13.6 Å². The molecule has 2 aromatic heterocycles. The van der Waals surface area contributed by atoms with Crippen molar-refractivity contribution < 1.29 is 13.6 Å². The third kappa shape index (κ3) is 3.74. The predicted molar refractivity (Wildman–Crippen MR) is 72.2 cm³/mol. The number of aromatic nitrogens is 4. The Kier molecular flexibility index (Phi) is 4.46. The molecule has 0 fully saturated rings. The van der Waals surface area contributed by atoms with Crippen molar-refractivity contribution in [2.24, 2.45) is 7.05 Å². The van der Waals surface area contributed by atoms with Crippen LogP contribution >= 0.6 is 0 Å². The Balaban J connectivity index is 1.99. The Bertz CT molecular complexity index is 647. The first-order valence-electron chi connectivity index (χ1n) is 6.19. The van der Waals surface area contributed by atoms with Crippen LogP contribution in [0.2, 0.25) is 0 Å². The zero-order valence-corrected chi connectivity index (χ0v) is 11.6. The molecular weight excluding hydrogens is 280 g/mol. The topological polar surface area (TPSA) is 56.0 Å². The highest BCUT2D eigenvalue weighted by atomic mass is 19.3. The van der Waals surface area contributed by atoms with Crippen LogP contribution in [0.15, 0.2) is 30.9 Å². The fraction of sp³-hybridized carbons (Fsp3) is 0.308. The van der Waals surface area contributed by atoms with E-state index in [0.29, 0.717) is 0 Å². The molecule has 2 rings (SSSR count). The molecule has 0 aliphatic heterocycles. The highest BCUT2D eigenvalue weighted by Gasteiger charge is 2.14. The van der Waals surface area contributed by atoms with Crippen LogP contribution < -0.4 is 0 Å². The lowest BCUT2D eigenvalue weighted by molar-refractivity contribution is -0.125. The fourth-order valence-corrected chi connectivity index (χ4v) is 1.76. The molecule has 0 saturated heterocycles. The van der Waals surface area contributed by atoms with E-state index in [1.54, 1.807) is 30.2 Å². The number of likely N-dealkylation sites (N-methyl/N-ethyl adjacent to an activating group) is 1. The van der Waals surface area contributed by atoms with Crippen LogP contribution in [-0.4, -0.2) is 37.2 Å².